The van der Waals surface area contributed by atoms with Crippen LogP contribution in [0.1, 0.15) is 133 Å². The minimum atomic E-state index is -0.535. The topological polar surface area (TPSA) is 44.8 Å². The second-order valence-corrected chi connectivity index (χ2v) is 10.5. The van der Waals surface area contributed by atoms with Gasteiger partial charge in [0.1, 0.15) is 11.5 Å². The molecule has 0 fully saturated rings. The Balaban J connectivity index is 1.61. The summed E-state index contributed by atoms with van der Waals surface area (Å²) in [6, 6.07) is 11.2. The zero-order valence-electron chi connectivity index (χ0n) is 24.5. The van der Waals surface area contributed by atoms with Gasteiger partial charge >= 0.3 is 5.97 Å². The van der Waals surface area contributed by atoms with Gasteiger partial charge in [-0.25, -0.2) is 9.18 Å². The van der Waals surface area contributed by atoms with Crippen molar-refractivity contribution in [3.05, 3.63) is 53.8 Å². The van der Waals surface area contributed by atoms with Crippen molar-refractivity contribution in [2.45, 2.75) is 123 Å². The van der Waals surface area contributed by atoms with Crippen LogP contribution in [0.5, 0.6) is 17.2 Å². The lowest BCUT2D eigenvalue weighted by Gasteiger charge is -2.10. The van der Waals surface area contributed by atoms with Crippen molar-refractivity contribution in [3.63, 3.8) is 0 Å². The van der Waals surface area contributed by atoms with Crippen LogP contribution in [-0.4, -0.2) is 19.2 Å². The summed E-state index contributed by atoms with van der Waals surface area (Å²) in [6.45, 7) is 5.62. The Bertz CT molecular complexity index is 897. The van der Waals surface area contributed by atoms with Crippen molar-refractivity contribution in [1.29, 1.82) is 0 Å². The van der Waals surface area contributed by atoms with E-state index in [1.54, 1.807) is 30.3 Å². The van der Waals surface area contributed by atoms with Gasteiger partial charge in [0.25, 0.3) is 0 Å². The van der Waals surface area contributed by atoms with Crippen LogP contribution >= 0.6 is 0 Å². The number of rotatable bonds is 23. The smallest absolute Gasteiger partial charge is 0.343 e. The van der Waals surface area contributed by atoms with E-state index in [-0.39, 0.29) is 11.5 Å². The van der Waals surface area contributed by atoms with Gasteiger partial charge in [0.05, 0.1) is 18.8 Å². The molecular weight excluding hydrogens is 491 g/mol. The predicted molar refractivity (Wildman–Crippen MR) is 159 cm³/mol. The molecular formula is C34H51FO4. The molecule has 2 rings (SSSR count). The van der Waals surface area contributed by atoms with Crippen LogP contribution in [0, 0.1) is 5.82 Å². The highest BCUT2D eigenvalue weighted by Gasteiger charge is 2.12. The van der Waals surface area contributed by atoms with Gasteiger partial charge in [-0.2, -0.15) is 0 Å². The predicted octanol–water partition coefficient (Wildman–Crippen LogP) is 10.5. The third kappa shape index (κ3) is 15.0. The second-order valence-electron chi connectivity index (χ2n) is 10.5. The van der Waals surface area contributed by atoms with Gasteiger partial charge in [-0.3, -0.25) is 0 Å². The average molecular weight is 543 g/mol. The van der Waals surface area contributed by atoms with E-state index < -0.39 is 11.8 Å². The number of hydrogen-bond acceptors (Lipinski definition) is 4. The van der Waals surface area contributed by atoms with Crippen LogP contribution in [0.25, 0.3) is 0 Å². The van der Waals surface area contributed by atoms with Crippen molar-refractivity contribution in [1.82, 2.24) is 0 Å². The van der Waals surface area contributed by atoms with E-state index in [0.29, 0.717) is 18.8 Å². The van der Waals surface area contributed by atoms with Crippen molar-refractivity contribution in [3.8, 4) is 17.2 Å². The molecule has 0 aliphatic carbocycles. The number of halogens is 1. The van der Waals surface area contributed by atoms with E-state index >= 15 is 0 Å². The molecule has 0 amide bonds. The lowest BCUT2D eigenvalue weighted by Crippen LogP contribution is -2.09. The van der Waals surface area contributed by atoms with Crippen LogP contribution in [0.15, 0.2) is 42.5 Å². The Kier molecular flexibility index (Phi) is 17.8. The highest BCUT2D eigenvalue weighted by molar-refractivity contribution is 5.91. The Hall–Kier alpha value is -2.56. The monoisotopic (exact) mass is 542 g/mol. The van der Waals surface area contributed by atoms with Gasteiger partial charge in [-0.05, 0) is 49.2 Å². The minimum Gasteiger partial charge on any atom is -0.494 e. The fourth-order valence-corrected chi connectivity index (χ4v) is 4.54. The summed E-state index contributed by atoms with van der Waals surface area (Å²) in [6.07, 6.45) is 21.1. The van der Waals surface area contributed by atoms with Gasteiger partial charge in [0.2, 0.25) is 0 Å². The van der Waals surface area contributed by atoms with Crippen LogP contribution in [-0.2, 0) is 0 Å². The SMILES string of the molecule is CCCCCCCCCCCCOc1ccc(C(=O)Oc2ccc(OCCCCCCCCC)c(F)c2)cc1. The van der Waals surface area contributed by atoms with Crippen molar-refractivity contribution >= 4 is 5.97 Å². The number of hydrogen-bond donors (Lipinski definition) is 0. The molecule has 0 spiro atoms. The Morgan fingerprint density at radius 1 is 0.590 bits per heavy atom. The molecule has 4 nitrogen and oxygen atoms in total. The molecule has 2 aromatic rings. The highest BCUT2D eigenvalue weighted by atomic mass is 19.1. The standard InChI is InChI=1S/C34H51FO4/c1-3-5-7-9-11-12-13-15-16-18-26-37-30-22-20-29(21-23-30)34(36)39-31-24-25-33(32(35)28-31)38-27-19-17-14-10-8-6-4-2/h20-25,28H,3-19,26-27H2,1-2H3. The van der Waals surface area contributed by atoms with Crippen molar-refractivity contribution in [2.75, 3.05) is 13.2 Å². The summed E-state index contributed by atoms with van der Waals surface area (Å²) < 4.78 is 31.2. The fraction of sp³-hybridized carbons (Fsp3) is 0.618. The maximum absolute atomic E-state index is 14.4. The van der Waals surface area contributed by atoms with E-state index in [4.69, 9.17) is 14.2 Å². The first-order valence-electron chi connectivity index (χ1n) is 15.5. The van der Waals surface area contributed by atoms with Crippen molar-refractivity contribution in [2.24, 2.45) is 0 Å². The zero-order chi connectivity index (χ0) is 28.0. The van der Waals surface area contributed by atoms with Crippen molar-refractivity contribution < 1.29 is 23.4 Å². The molecule has 2 aromatic carbocycles. The van der Waals surface area contributed by atoms with Gasteiger partial charge in [0, 0.05) is 6.07 Å². The number of ether oxygens (including phenoxy) is 3. The zero-order valence-corrected chi connectivity index (χ0v) is 24.5. The minimum absolute atomic E-state index is 0.155. The highest BCUT2D eigenvalue weighted by Crippen LogP contribution is 2.24. The Morgan fingerprint density at radius 2 is 1.05 bits per heavy atom. The van der Waals surface area contributed by atoms with Crippen LogP contribution < -0.4 is 14.2 Å². The molecule has 0 heterocycles. The van der Waals surface area contributed by atoms with Gasteiger partial charge in [0.15, 0.2) is 11.6 Å². The lowest BCUT2D eigenvalue weighted by atomic mass is 10.1. The molecule has 0 aromatic heterocycles. The number of unbranched alkanes of at least 4 members (excludes halogenated alkanes) is 15. The van der Waals surface area contributed by atoms with Gasteiger partial charge < -0.3 is 14.2 Å². The summed E-state index contributed by atoms with van der Waals surface area (Å²) in [4.78, 5) is 12.5. The quantitative estimate of drug-likeness (QED) is 0.0796. The first-order valence-corrected chi connectivity index (χ1v) is 15.5. The molecule has 0 atom stereocenters. The summed E-state index contributed by atoms with van der Waals surface area (Å²) in [5.41, 5.74) is 0.390. The molecule has 218 valence electrons. The average Bonchev–Trinajstić information content (AvgIpc) is 2.94. The molecule has 0 N–H and O–H groups in total. The largest absolute Gasteiger partial charge is 0.494 e. The molecule has 5 heteroatoms. The van der Waals surface area contributed by atoms with Crippen LogP contribution in [0.3, 0.4) is 0 Å². The Labute approximate surface area is 236 Å². The van der Waals surface area contributed by atoms with E-state index in [9.17, 15) is 9.18 Å². The molecule has 0 aliphatic heterocycles. The fourth-order valence-electron chi connectivity index (χ4n) is 4.54. The summed E-state index contributed by atoms with van der Waals surface area (Å²) in [5, 5.41) is 0. The summed E-state index contributed by atoms with van der Waals surface area (Å²) in [5.74, 6) is 0.00841. The number of carbonyl (C=O) groups excluding carboxylic acids is 1. The molecule has 0 saturated heterocycles. The van der Waals surface area contributed by atoms with Gasteiger partial charge in [-0.1, -0.05) is 110 Å². The molecule has 0 aliphatic rings. The third-order valence-corrected chi connectivity index (χ3v) is 6.98. The van der Waals surface area contributed by atoms with E-state index in [0.717, 1.165) is 25.0 Å². The van der Waals surface area contributed by atoms with Crippen LogP contribution in [0.4, 0.5) is 4.39 Å². The summed E-state index contributed by atoms with van der Waals surface area (Å²) in [7, 11) is 0. The maximum Gasteiger partial charge on any atom is 0.343 e. The molecule has 0 bridgehead atoms. The lowest BCUT2D eigenvalue weighted by molar-refractivity contribution is 0.0734. The second kappa shape index (κ2) is 21.3. The number of esters is 1. The third-order valence-electron chi connectivity index (χ3n) is 6.98. The van der Waals surface area contributed by atoms with Gasteiger partial charge in [-0.15, -0.1) is 0 Å². The number of carbonyl (C=O) groups is 1. The first-order chi connectivity index (χ1) is 19.1. The van der Waals surface area contributed by atoms with E-state index in [2.05, 4.69) is 13.8 Å². The molecule has 39 heavy (non-hydrogen) atoms. The maximum atomic E-state index is 14.4. The summed E-state index contributed by atoms with van der Waals surface area (Å²) >= 11 is 0. The molecule has 0 saturated carbocycles. The molecule has 0 unspecified atom stereocenters. The van der Waals surface area contributed by atoms with Crippen LogP contribution in [0.2, 0.25) is 0 Å². The molecule has 0 radical (unpaired) electrons. The van der Waals surface area contributed by atoms with E-state index in [1.807, 2.05) is 0 Å². The van der Waals surface area contributed by atoms with E-state index in [1.165, 1.54) is 102 Å². The Morgan fingerprint density at radius 3 is 1.56 bits per heavy atom. The normalized spacial score (nSPS) is 10.9. The first kappa shape index (κ1) is 32.7. The number of benzene rings is 2.